The minimum atomic E-state index is 0.0690. The molecule has 2 aromatic rings. The number of rotatable bonds is 10. The van der Waals surface area contributed by atoms with Crippen LogP contribution in [0.2, 0.25) is 0 Å². The summed E-state index contributed by atoms with van der Waals surface area (Å²) < 4.78 is 4.94. The summed E-state index contributed by atoms with van der Waals surface area (Å²) in [6.07, 6.45) is 2.09. The molecule has 0 aliphatic carbocycles. The summed E-state index contributed by atoms with van der Waals surface area (Å²) in [5.74, 6) is 0.781. The smallest absolute Gasteiger partial charge is 0.220 e. The first-order chi connectivity index (χ1) is 11.6. The summed E-state index contributed by atoms with van der Waals surface area (Å²) in [5, 5.41) is 8.20. The van der Waals surface area contributed by atoms with E-state index < -0.39 is 0 Å². The standard InChI is InChI=1S/C16H24N4O2S2/c1-11-12(2)24-16-14(11)15(19-10-20-16)23-9-4-13(21)18-6-5-17-7-8-22-3/h10,17H,4-9H2,1-3H3,(H,18,21). The predicted octanol–water partition coefficient (Wildman–Crippen LogP) is 2.14. The Morgan fingerprint density at radius 1 is 1.29 bits per heavy atom. The fourth-order valence-corrected chi connectivity index (χ4v) is 4.24. The summed E-state index contributed by atoms with van der Waals surface area (Å²) in [4.78, 5) is 22.9. The number of carbonyl (C=O) groups excluding carboxylic acids is 1. The van der Waals surface area contributed by atoms with Crippen molar-refractivity contribution in [1.82, 2.24) is 20.6 Å². The van der Waals surface area contributed by atoms with Gasteiger partial charge >= 0.3 is 0 Å². The van der Waals surface area contributed by atoms with Gasteiger partial charge in [0.15, 0.2) is 0 Å². The maximum atomic E-state index is 11.8. The molecule has 0 aliphatic rings. The van der Waals surface area contributed by atoms with Crippen LogP contribution in [-0.2, 0) is 9.53 Å². The molecule has 0 saturated carbocycles. The molecular formula is C16H24N4O2S2. The Balaban J connectivity index is 1.73. The Kier molecular flexibility index (Phi) is 7.90. The molecule has 2 rings (SSSR count). The van der Waals surface area contributed by atoms with E-state index in [4.69, 9.17) is 4.74 Å². The summed E-state index contributed by atoms with van der Waals surface area (Å²) in [6, 6.07) is 0. The van der Waals surface area contributed by atoms with Crippen molar-refractivity contribution < 1.29 is 9.53 Å². The SMILES string of the molecule is COCCNCCNC(=O)CCSc1ncnc2sc(C)c(C)c12. The van der Waals surface area contributed by atoms with E-state index in [1.54, 1.807) is 36.5 Å². The Morgan fingerprint density at radius 2 is 2.12 bits per heavy atom. The van der Waals surface area contributed by atoms with Gasteiger partial charge in [0.25, 0.3) is 0 Å². The van der Waals surface area contributed by atoms with Crippen LogP contribution >= 0.6 is 23.1 Å². The van der Waals surface area contributed by atoms with Crippen molar-refractivity contribution in [2.24, 2.45) is 0 Å². The topological polar surface area (TPSA) is 76.1 Å². The van der Waals surface area contributed by atoms with Crippen molar-refractivity contribution >= 4 is 39.2 Å². The second kappa shape index (κ2) is 9.93. The average Bonchev–Trinajstić information content (AvgIpc) is 2.86. The number of ether oxygens (including phenoxy) is 1. The first-order valence-electron chi connectivity index (χ1n) is 7.93. The minimum Gasteiger partial charge on any atom is -0.383 e. The van der Waals surface area contributed by atoms with Crippen LogP contribution in [0.5, 0.6) is 0 Å². The second-order valence-corrected chi connectivity index (χ2v) is 7.62. The van der Waals surface area contributed by atoms with E-state index in [0.29, 0.717) is 25.3 Å². The van der Waals surface area contributed by atoms with Crippen LogP contribution in [0.3, 0.4) is 0 Å². The van der Waals surface area contributed by atoms with Crippen LogP contribution in [-0.4, -0.2) is 55.0 Å². The van der Waals surface area contributed by atoms with Crippen LogP contribution in [0.1, 0.15) is 16.9 Å². The van der Waals surface area contributed by atoms with Crippen molar-refractivity contribution in [2.75, 3.05) is 39.1 Å². The van der Waals surface area contributed by atoms with E-state index in [-0.39, 0.29) is 5.91 Å². The summed E-state index contributed by atoms with van der Waals surface area (Å²) in [7, 11) is 1.67. The van der Waals surface area contributed by atoms with Gasteiger partial charge in [-0.1, -0.05) is 0 Å². The highest BCUT2D eigenvalue weighted by molar-refractivity contribution is 7.99. The van der Waals surface area contributed by atoms with E-state index in [2.05, 4.69) is 34.4 Å². The van der Waals surface area contributed by atoms with Crippen molar-refractivity contribution in [1.29, 1.82) is 0 Å². The monoisotopic (exact) mass is 368 g/mol. The third-order valence-corrected chi connectivity index (χ3v) is 5.71. The fraction of sp³-hybridized carbons (Fsp3) is 0.562. The highest BCUT2D eigenvalue weighted by atomic mass is 32.2. The molecule has 0 bridgehead atoms. The molecule has 24 heavy (non-hydrogen) atoms. The molecule has 1 amide bonds. The molecule has 2 heterocycles. The van der Waals surface area contributed by atoms with Crippen LogP contribution < -0.4 is 10.6 Å². The molecule has 0 aromatic carbocycles. The molecule has 0 unspecified atom stereocenters. The third-order valence-electron chi connectivity index (χ3n) is 3.61. The van der Waals surface area contributed by atoms with Crippen LogP contribution in [0, 0.1) is 13.8 Å². The molecule has 0 radical (unpaired) electrons. The lowest BCUT2D eigenvalue weighted by molar-refractivity contribution is -0.120. The van der Waals surface area contributed by atoms with E-state index in [9.17, 15) is 4.79 Å². The highest BCUT2D eigenvalue weighted by Gasteiger charge is 2.12. The lowest BCUT2D eigenvalue weighted by Gasteiger charge is -2.07. The van der Waals surface area contributed by atoms with Gasteiger partial charge < -0.3 is 15.4 Å². The number of nitrogens with zero attached hydrogens (tertiary/aromatic N) is 2. The predicted molar refractivity (Wildman–Crippen MR) is 100.0 cm³/mol. The van der Waals surface area contributed by atoms with Gasteiger partial charge in [-0.05, 0) is 19.4 Å². The van der Waals surface area contributed by atoms with Gasteiger partial charge in [0.05, 0.1) is 6.61 Å². The fourth-order valence-electron chi connectivity index (χ4n) is 2.18. The molecule has 6 nitrogen and oxygen atoms in total. The van der Waals surface area contributed by atoms with Crippen LogP contribution in [0.15, 0.2) is 11.4 Å². The second-order valence-electron chi connectivity index (χ2n) is 5.33. The van der Waals surface area contributed by atoms with Gasteiger partial charge in [-0.25, -0.2) is 9.97 Å². The van der Waals surface area contributed by atoms with E-state index in [0.717, 1.165) is 28.3 Å². The van der Waals surface area contributed by atoms with E-state index in [1.807, 2.05) is 0 Å². The van der Waals surface area contributed by atoms with Gasteiger partial charge in [0.2, 0.25) is 5.91 Å². The number of aromatic nitrogens is 2. The van der Waals surface area contributed by atoms with Crippen molar-refractivity contribution in [2.45, 2.75) is 25.3 Å². The maximum Gasteiger partial charge on any atom is 0.220 e. The molecule has 0 spiro atoms. The summed E-state index contributed by atoms with van der Waals surface area (Å²) >= 11 is 3.31. The molecule has 0 saturated heterocycles. The van der Waals surface area contributed by atoms with Gasteiger partial charge in [0.1, 0.15) is 16.2 Å². The number of carbonyl (C=O) groups is 1. The molecule has 0 fully saturated rings. The van der Waals surface area contributed by atoms with Crippen molar-refractivity contribution in [3.8, 4) is 0 Å². The van der Waals surface area contributed by atoms with E-state index >= 15 is 0 Å². The Labute approximate surface area is 150 Å². The zero-order chi connectivity index (χ0) is 17.4. The average molecular weight is 369 g/mol. The van der Waals surface area contributed by atoms with Gasteiger partial charge in [-0.15, -0.1) is 23.1 Å². The summed E-state index contributed by atoms with van der Waals surface area (Å²) in [6.45, 7) is 7.07. The lowest BCUT2D eigenvalue weighted by atomic mass is 10.2. The molecule has 0 atom stereocenters. The van der Waals surface area contributed by atoms with Crippen LogP contribution in [0.4, 0.5) is 0 Å². The largest absolute Gasteiger partial charge is 0.383 e. The zero-order valence-electron chi connectivity index (χ0n) is 14.3. The molecular weight excluding hydrogens is 344 g/mol. The number of hydrogen-bond donors (Lipinski definition) is 2. The number of fused-ring (bicyclic) bond motifs is 1. The molecule has 132 valence electrons. The highest BCUT2D eigenvalue weighted by Crippen LogP contribution is 2.34. The molecule has 0 aliphatic heterocycles. The Morgan fingerprint density at radius 3 is 2.92 bits per heavy atom. The number of amides is 1. The van der Waals surface area contributed by atoms with Crippen molar-refractivity contribution in [3.63, 3.8) is 0 Å². The first kappa shape index (κ1) is 19.1. The lowest BCUT2D eigenvalue weighted by Crippen LogP contribution is -2.33. The third kappa shape index (κ3) is 5.41. The quantitative estimate of drug-likeness (QED) is 0.380. The van der Waals surface area contributed by atoms with Gasteiger partial charge in [0, 0.05) is 49.2 Å². The molecule has 2 N–H and O–H groups in total. The Hall–Kier alpha value is -1.22. The molecule has 8 heteroatoms. The minimum absolute atomic E-state index is 0.0690. The summed E-state index contributed by atoms with van der Waals surface area (Å²) in [5.41, 5.74) is 1.24. The number of aryl methyl sites for hydroxylation is 2. The first-order valence-corrected chi connectivity index (χ1v) is 9.73. The Bertz CT molecular complexity index is 675. The number of methoxy groups -OCH3 is 1. The van der Waals surface area contributed by atoms with Crippen molar-refractivity contribution in [3.05, 3.63) is 16.8 Å². The maximum absolute atomic E-state index is 11.8. The van der Waals surface area contributed by atoms with E-state index in [1.165, 1.54) is 10.4 Å². The number of thioether (sulfide) groups is 1. The normalized spacial score (nSPS) is 11.1. The number of nitrogens with one attached hydrogen (secondary N) is 2. The van der Waals surface area contributed by atoms with Crippen LogP contribution in [0.25, 0.3) is 10.2 Å². The number of hydrogen-bond acceptors (Lipinski definition) is 7. The number of thiophene rings is 1. The zero-order valence-corrected chi connectivity index (χ0v) is 16.0. The van der Waals surface area contributed by atoms with Gasteiger partial charge in [-0.2, -0.15) is 0 Å². The molecule has 2 aromatic heterocycles. The van der Waals surface area contributed by atoms with Gasteiger partial charge in [-0.3, -0.25) is 4.79 Å².